The molecule has 31 heavy (non-hydrogen) atoms. The van der Waals surface area contributed by atoms with E-state index < -0.39 is 0 Å². The van der Waals surface area contributed by atoms with Gasteiger partial charge in [0.2, 0.25) is 0 Å². The Hall–Kier alpha value is -3.72. The van der Waals surface area contributed by atoms with Crippen LogP contribution < -0.4 is 9.47 Å². The third-order valence-electron chi connectivity index (χ3n) is 5.87. The maximum absolute atomic E-state index is 9.78. The Bertz CT molecular complexity index is 1140. The average Bonchev–Trinajstić information content (AvgIpc) is 2.84. The van der Waals surface area contributed by atoms with Gasteiger partial charge >= 0.3 is 0 Å². The van der Waals surface area contributed by atoms with Crippen LogP contribution in [-0.2, 0) is 6.61 Å². The standard InChI is InChI=1S/C28H24O3/c29-23-13-11-22(12-14-23)28-25-16-15-24(30-18-20-7-3-1-4-8-20)17-27(25)31-19-26(28)21-9-5-2-6-10-21/h1-17,26,28-29H,18-19H2/t26-,28-/m0/s1. The summed E-state index contributed by atoms with van der Waals surface area (Å²) in [6.45, 7) is 1.11. The highest BCUT2D eigenvalue weighted by Gasteiger charge is 2.33. The van der Waals surface area contributed by atoms with Crippen LogP contribution in [0.1, 0.15) is 34.1 Å². The van der Waals surface area contributed by atoms with Gasteiger partial charge in [0.25, 0.3) is 0 Å². The lowest BCUT2D eigenvalue weighted by Gasteiger charge is -2.34. The molecule has 0 fully saturated rings. The van der Waals surface area contributed by atoms with Crippen LogP contribution in [0.5, 0.6) is 17.2 Å². The summed E-state index contributed by atoms with van der Waals surface area (Å²) in [6, 6.07) is 34.3. The number of rotatable bonds is 5. The van der Waals surface area contributed by atoms with Crippen LogP contribution in [0.25, 0.3) is 0 Å². The van der Waals surface area contributed by atoms with Crippen LogP contribution in [0.15, 0.2) is 103 Å². The molecule has 1 N–H and O–H groups in total. The number of hydrogen-bond donors (Lipinski definition) is 1. The first-order valence-electron chi connectivity index (χ1n) is 10.6. The molecule has 5 rings (SSSR count). The van der Waals surface area contributed by atoms with Gasteiger partial charge in [-0.15, -0.1) is 0 Å². The second-order valence-electron chi connectivity index (χ2n) is 7.87. The number of aromatic hydroxyl groups is 1. The summed E-state index contributed by atoms with van der Waals surface area (Å²) in [5.74, 6) is 2.25. The van der Waals surface area contributed by atoms with Gasteiger partial charge in [-0.05, 0) is 34.9 Å². The van der Waals surface area contributed by atoms with Crippen molar-refractivity contribution < 1.29 is 14.6 Å². The lowest BCUT2D eigenvalue weighted by atomic mass is 9.76. The van der Waals surface area contributed by atoms with E-state index in [2.05, 4.69) is 42.5 Å². The van der Waals surface area contributed by atoms with Gasteiger partial charge in [-0.3, -0.25) is 0 Å². The third-order valence-corrected chi connectivity index (χ3v) is 5.87. The van der Waals surface area contributed by atoms with Crippen molar-refractivity contribution in [3.8, 4) is 17.2 Å². The SMILES string of the molecule is Oc1ccc([C@H]2c3ccc(OCc4ccccc4)cc3OC[C@H]2c2ccccc2)cc1. The van der Waals surface area contributed by atoms with E-state index in [9.17, 15) is 5.11 Å². The number of ether oxygens (including phenoxy) is 2. The van der Waals surface area contributed by atoms with E-state index in [-0.39, 0.29) is 17.6 Å². The summed E-state index contributed by atoms with van der Waals surface area (Å²) < 4.78 is 12.2. The minimum atomic E-state index is 0.134. The fourth-order valence-electron chi connectivity index (χ4n) is 4.30. The highest BCUT2D eigenvalue weighted by atomic mass is 16.5. The van der Waals surface area contributed by atoms with E-state index in [1.807, 2.05) is 48.5 Å². The molecule has 2 atom stereocenters. The van der Waals surface area contributed by atoms with Crippen molar-refractivity contribution >= 4 is 0 Å². The van der Waals surface area contributed by atoms with Gasteiger partial charge < -0.3 is 14.6 Å². The second kappa shape index (κ2) is 8.57. The van der Waals surface area contributed by atoms with Crippen molar-refractivity contribution in [2.45, 2.75) is 18.4 Å². The predicted molar refractivity (Wildman–Crippen MR) is 122 cm³/mol. The lowest BCUT2D eigenvalue weighted by molar-refractivity contribution is 0.245. The molecule has 0 unspecified atom stereocenters. The molecule has 0 aromatic heterocycles. The first-order chi connectivity index (χ1) is 15.3. The van der Waals surface area contributed by atoms with Crippen LogP contribution in [0.2, 0.25) is 0 Å². The molecule has 0 amide bonds. The van der Waals surface area contributed by atoms with Gasteiger partial charge in [-0.2, -0.15) is 0 Å². The van der Waals surface area contributed by atoms with E-state index in [0.717, 1.165) is 28.2 Å². The highest BCUT2D eigenvalue weighted by molar-refractivity contribution is 5.51. The zero-order valence-electron chi connectivity index (χ0n) is 17.1. The normalized spacial score (nSPS) is 17.4. The third kappa shape index (κ3) is 4.13. The van der Waals surface area contributed by atoms with E-state index >= 15 is 0 Å². The van der Waals surface area contributed by atoms with E-state index in [0.29, 0.717) is 13.2 Å². The molecule has 3 nitrogen and oxygen atoms in total. The molecule has 0 saturated heterocycles. The van der Waals surface area contributed by atoms with Gasteiger partial charge in [-0.1, -0.05) is 78.9 Å². The summed E-state index contributed by atoms with van der Waals surface area (Å²) in [5.41, 5.74) is 4.68. The molecule has 0 spiro atoms. The number of benzene rings is 4. The van der Waals surface area contributed by atoms with Gasteiger partial charge in [0.05, 0.1) is 6.61 Å². The molecule has 0 aliphatic carbocycles. The summed E-state index contributed by atoms with van der Waals surface area (Å²) in [5, 5.41) is 9.78. The molecule has 0 saturated carbocycles. The first kappa shape index (κ1) is 19.3. The predicted octanol–water partition coefficient (Wildman–Crippen LogP) is 6.28. The first-order valence-corrected chi connectivity index (χ1v) is 10.6. The maximum atomic E-state index is 9.78. The fourth-order valence-corrected chi connectivity index (χ4v) is 4.30. The molecule has 1 heterocycles. The zero-order valence-corrected chi connectivity index (χ0v) is 17.1. The molecule has 1 aliphatic rings. The minimum absolute atomic E-state index is 0.134. The molecule has 4 aromatic rings. The van der Waals surface area contributed by atoms with Crippen molar-refractivity contribution in [1.29, 1.82) is 0 Å². The average molecular weight is 408 g/mol. The molecule has 0 radical (unpaired) electrons. The Balaban J connectivity index is 1.48. The monoisotopic (exact) mass is 408 g/mol. The van der Waals surface area contributed by atoms with Gasteiger partial charge in [0, 0.05) is 23.5 Å². The number of hydrogen-bond acceptors (Lipinski definition) is 3. The molecular weight excluding hydrogens is 384 g/mol. The number of phenols is 1. The maximum Gasteiger partial charge on any atom is 0.126 e. The van der Waals surface area contributed by atoms with Crippen LogP contribution in [-0.4, -0.2) is 11.7 Å². The second-order valence-corrected chi connectivity index (χ2v) is 7.87. The Morgan fingerprint density at radius 3 is 2.23 bits per heavy atom. The molecule has 3 heteroatoms. The Kier molecular flexibility index (Phi) is 5.32. The summed E-state index contributed by atoms with van der Waals surface area (Å²) in [4.78, 5) is 0. The Morgan fingerprint density at radius 2 is 1.48 bits per heavy atom. The Labute approximate surface area is 182 Å². The van der Waals surface area contributed by atoms with Crippen molar-refractivity contribution in [1.82, 2.24) is 0 Å². The summed E-state index contributed by atoms with van der Waals surface area (Å²) in [7, 11) is 0. The molecular formula is C28H24O3. The van der Waals surface area contributed by atoms with Gasteiger partial charge in [-0.25, -0.2) is 0 Å². The molecule has 0 bridgehead atoms. The highest BCUT2D eigenvalue weighted by Crippen LogP contribution is 2.47. The van der Waals surface area contributed by atoms with Gasteiger partial charge in [0.15, 0.2) is 0 Å². The van der Waals surface area contributed by atoms with Crippen molar-refractivity contribution in [2.75, 3.05) is 6.61 Å². The molecule has 1 aliphatic heterocycles. The van der Waals surface area contributed by atoms with E-state index in [4.69, 9.17) is 9.47 Å². The molecule has 4 aromatic carbocycles. The summed E-state index contributed by atoms with van der Waals surface area (Å²) in [6.07, 6.45) is 0. The van der Waals surface area contributed by atoms with Crippen molar-refractivity contribution in [3.05, 3.63) is 125 Å². The summed E-state index contributed by atoms with van der Waals surface area (Å²) >= 11 is 0. The number of phenolic OH excluding ortho intramolecular Hbond substituents is 1. The number of fused-ring (bicyclic) bond motifs is 1. The van der Waals surface area contributed by atoms with Crippen LogP contribution in [0, 0.1) is 0 Å². The lowest BCUT2D eigenvalue weighted by Crippen LogP contribution is -2.25. The smallest absolute Gasteiger partial charge is 0.126 e. The van der Waals surface area contributed by atoms with Crippen molar-refractivity contribution in [3.63, 3.8) is 0 Å². The topological polar surface area (TPSA) is 38.7 Å². The van der Waals surface area contributed by atoms with Crippen LogP contribution >= 0.6 is 0 Å². The quantitative estimate of drug-likeness (QED) is 0.422. The fraction of sp³-hybridized carbons (Fsp3) is 0.143. The van der Waals surface area contributed by atoms with Crippen LogP contribution in [0.4, 0.5) is 0 Å². The van der Waals surface area contributed by atoms with E-state index in [1.54, 1.807) is 12.1 Å². The Morgan fingerprint density at radius 1 is 0.774 bits per heavy atom. The molecule has 154 valence electrons. The largest absolute Gasteiger partial charge is 0.508 e. The van der Waals surface area contributed by atoms with Gasteiger partial charge in [0.1, 0.15) is 23.9 Å². The van der Waals surface area contributed by atoms with E-state index in [1.165, 1.54) is 5.56 Å². The zero-order chi connectivity index (χ0) is 21.0. The van der Waals surface area contributed by atoms with Crippen LogP contribution in [0.3, 0.4) is 0 Å². The minimum Gasteiger partial charge on any atom is -0.508 e. The van der Waals surface area contributed by atoms with Crippen molar-refractivity contribution in [2.24, 2.45) is 0 Å².